The molecule has 0 aliphatic heterocycles. The van der Waals surface area contributed by atoms with Crippen LogP contribution in [0.2, 0.25) is 0 Å². The number of halogens is 1. The van der Waals surface area contributed by atoms with Crippen molar-refractivity contribution in [3.8, 4) is 17.1 Å². The highest BCUT2D eigenvalue weighted by molar-refractivity contribution is 7.71. The van der Waals surface area contributed by atoms with Gasteiger partial charge in [0.1, 0.15) is 11.6 Å². The first-order valence-electron chi connectivity index (χ1n) is 7.39. The minimum Gasteiger partial charge on any atom is -0.493 e. The van der Waals surface area contributed by atoms with Crippen LogP contribution in [0.3, 0.4) is 0 Å². The van der Waals surface area contributed by atoms with E-state index >= 15 is 0 Å². The summed E-state index contributed by atoms with van der Waals surface area (Å²) < 4.78 is 21.2. The second-order valence-corrected chi connectivity index (χ2v) is 5.25. The molecule has 0 fully saturated rings. The third-order valence-electron chi connectivity index (χ3n) is 3.30. The van der Waals surface area contributed by atoms with Crippen LogP contribution in [0, 0.1) is 10.6 Å². The van der Waals surface area contributed by atoms with Gasteiger partial charge in [0.2, 0.25) is 4.77 Å². The molecule has 0 amide bonds. The molecule has 3 aromatic rings. The second-order valence-electron chi connectivity index (χ2n) is 4.86. The van der Waals surface area contributed by atoms with E-state index in [1.165, 1.54) is 10.7 Å². The average molecular weight is 342 g/mol. The molecular formula is C17H15FN4OS. The van der Waals surface area contributed by atoms with E-state index in [2.05, 4.69) is 15.3 Å². The number of para-hydroxylation sites is 1. The number of nitrogens with one attached hydrogen (secondary N) is 1. The largest absolute Gasteiger partial charge is 0.493 e. The van der Waals surface area contributed by atoms with Gasteiger partial charge >= 0.3 is 0 Å². The van der Waals surface area contributed by atoms with Gasteiger partial charge in [-0.25, -0.2) is 9.49 Å². The maximum absolute atomic E-state index is 14.0. The Hall–Kier alpha value is -2.80. The number of ether oxygens (including phenoxy) is 1. The molecule has 0 radical (unpaired) electrons. The third-order valence-corrected chi connectivity index (χ3v) is 3.56. The Morgan fingerprint density at radius 3 is 2.79 bits per heavy atom. The highest BCUT2D eigenvalue weighted by Crippen LogP contribution is 2.21. The van der Waals surface area contributed by atoms with Crippen LogP contribution in [0.15, 0.2) is 53.6 Å². The third kappa shape index (κ3) is 3.26. The van der Waals surface area contributed by atoms with Crippen molar-refractivity contribution in [2.45, 2.75) is 6.92 Å². The first kappa shape index (κ1) is 16.1. The highest BCUT2D eigenvalue weighted by atomic mass is 32.1. The van der Waals surface area contributed by atoms with Gasteiger partial charge in [-0.3, -0.25) is 0 Å². The SMILES string of the molecule is CCOc1ccccc1/C=N\n1c(-c2ccccc2F)n[nH]c1=S. The van der Waals surface area contributed by atoms with Crippen molar-refractivity contribution in [3.63, 3.8) is 0 Å². The fourth-order valence-electron chi connectivity index (χ4n) is 2.21. The molecular weight excluding hydrogens is 327 g/mol. The van der Waals surface area contributed by atoms with Crippen molar-refractivity contribution in [2.75, 3.05) is 6.61 Å². The Labute approximate surface area is 143 Å². The summed E-state index contributed by atoms with van der Waals surface area (Å²) in [6.07, 6.45) is 1.61. The molecule has 3 rings (SSSR count). The molecule has 122 valence electrons. The maximum Gasteiger partial charge on any atom is 0.216 e. The molecule has 7 heteroatoms. The average Bonchev–Trinajstić information content (AvgIpc) is 2.95. The van der Waals surface area contributed by atoms with Crippen LogP contribution in [0.25, 0.3) is 11.4 Å². The van der Waals surface area contributed by atoms with Gasteiger partial charge in [-0.1, -0.05) is 24.3 Å². The zero-order chi connectivity index (χ0) is 16.9. The highest BCUT2D eigenvalue weighted by Gasteiger charge is 2.12. The number of aromatic amines is 1. The summed E-state index contributed by atoms with van der Waals surface area (Å²) in [7, 11) is 0. The van der Waals surface area contributed by atoms with Crippen LogP contribution in [-0.2, 0) is 0 Å². The van der Waals surface area contributed by atoms with Crippen molar-refractivity contribution in [1.82, 2.24) is 14.9 Å². The van der Waals surface area contributed by atoms with Gasteiger partial charge in [0.05, 0.1) is 18.4 Å². The molecule has 0 saturated heterocycles. The summed E-state index contributed by atoms with van der Waals surface area (Å²) in [6.45, 7) is 2.47. The van der Waals surface area contributed by atoms with Crippen molar-refractivity contribution in [2.24, 2.45) is 5.10 Å². The lowest BCUT2D eigenvalue weighted by Crippen LogP contribution is -1.99. The fraction of sp³-hybridized carbons (Fsp3) is 0.118. The van der Waals surface area contributed by atoms with Crippen LogP contribution in [-0.4, -0.2) is 27.7 Å². The molecule has 0 aliphatic rings. The van der Waals surface area contributed by atoms with Crippen LogP contribution < -0.4 is 4.74 Å². The smallest absolute Gasteiger partial charge is 0.216 e. The van der Waals surface area contributed by atoms with E-state index in [-0.39, 0.29) is 4.77 Å². The van der Waals surface area contributed by atoms with E-state index in [0.717, 1.165) is 5.56 Å². The van der Waals surface area contributed by atoms with Crippen LogP contribution in [0.1, 0.15) is 12.5 Å². The molecule has 0 aliphatic carbocycles. The minimum absolute atomic E-state index is 0.276. The van der Waals surface area contributed by atoms with Crippen LogP contribution in [0.5, 0.6) is 5.75 Å². The Kier molecular flexibility index (Phi) is 4.81. The summed E-state index contributed by atoms with van der Waals surface area (Å²) in [4.78, 5) is 0. The van der Waals surface area contributed by atoms with Crippen molar-refractivity contribution < 1.29 is 9.13 Å². The summed E-state index contributed by atoms with van der Waals surface area (Å²) in [6, 6.07) is 13.8. The molecule has 2 aromatic carbocycles. The first-order chi connectivity index (χ1) is 11.7. The van der Waals surface area contributed by atoms with Gasteiger partial charge in [-0.2, -0.15) is 14.9 Å². The van der Waals surface area contributed by atoms with Gasteiger partial charge in [0.25, 0.3) is 0 Å². The number of hydrogen-bond donors (Lipinski definition) is 1. The van der Waals surface area contributed by atoms with Gasteiger partial charge in [0, 0.05) is 5.56 Å². The Morgan fingerprint density at radius 1 is 1.25 bits per heavy atom. The Morgan fingerprint density at radius 2 is 2.00 bits per heavy atom. The molecule has 1 N–H and O–H groups in total. The Bertz CT molecular complexity index is 932. The van der Waals surface area contributed by atoms with Crippen LogP contribution in [0.4, 0.5) is 4.39 Å². The number of aromatic nitrogens is 3. The quantitative estimate of drug-likeness (QED) is 0.563. The fourth-order valence-corrected chi connectivity index (χ4v) is 2.39. The number of H-pyrrole nitrogens is 1. The molecule has 1 aromatic heterocycles. The normalized spacial score (nSPS) is 11.1. The van der Waals surface area contributed by atoms with Gasteiger partial charge < -0.3 is 4.74 Å². The van der Waals surface area contributed by atoms with Gasteiger partial charge in [-0.05, 0) is 43.4 Å². The van der Waals surface area contributed by atoms with E-state index in [1.807, 2.05) is 31.2 Å². The van der Waals surface area contributed by atoms with Crippen molar-refractivity contribution in [3.05, 3.63) is 64.7 Å². The van der Waals surface area contributed by atoms with E-state index in [9.17, 15) is 4.39 Å². The standard InChI is InChI=1S/C17H15FN4OS/c1-2-23-15-10-6-3-7-12(15)11-19-22-16(20-21-17(22)24)13-8-4-5-9-14(13)18/h3-11H,2H2,1H3,(H,21,24)/b19-11-. The molecule has 5 nitrogen and oxygen atoms in total. The number of benzene rings is 2. The summed E-state index contributed by atoms with van der Waals surface area (Å²) in [5.41, 5.74) is 1.11. The minimum atomic E-state index is -0.391. The zero-order valence-electron chi connectivity index (χ0n) is 12.9. The van der Waals surface area contributed by atoms with E-state index in [1.54, 1.807) is 24.4 Å². The van der Waals surface area contributed by atoms with E-state index < -0.39 is 5.82 Å². The predicted octanol–water partition coefficient (Wildman–Crippen LogP) is 4.03. The first-order valence-corrected chi connectivity index (χ1v) is 7.80. The number of hydrogen-bond acceptors (Lipinski definition) is 4. The lowest BCUT2D eigenvalue weighted by Gasteiger charge is -2.06. The molecule has 0 spiro atoms. The summed E-state index contributed by atoms with van der Waals surface area (Å²) >= 11 is 5.19. The van der Waals surface area contributed by atoms with E-state index in [4.69, 9.17) is 17.0 Å². The molecule has 0 saturated carbocycles. The van der Waals surface area contributed by atoms with Crippen molar-refractivity contribution in [1.29, 1.82) is 0 Å². The molecule has 0 atom stereocenters. The predicted molar refractivity (Wildman–Crippen MR) is 93.4 cm³/mol. The van der Waals surface area contributed by atoms with Gasteiger partial charge in [0.15, 0.2) is 5.82 Å². The number of rotatable bonds is 5. The monoisotopic (exact) mass is 342 g/mol. The lowest BCUT2D eigenvalue weighted by atomic mass is 10.2. The Balaban J connectivity index is 2.02. The lowest BCUT2D eigenvalue weighted by molar-refractivity contribution is 0.340. The maximum atomic E-state index is 14.0. The number of nitrogens with zero attached hydrogens (tertiary/aromatic N) is 3. The molecule has 1 heterocycles. The molecule has 0 bridgehead atoms. The molecule has 24 heavy (non-hydrogen) atoms. The topological polar surface area (TPSA) is 55.2 Å². The van der Waals surface area contributed by atoms with Crippen LogP contribution >= 0.6 is 12.2 Å². The second kappa shape index (κ2) is 7.18. The molecule has 0 unspecified atom stereocenters. The summed E-state index contributed by atoms with van der Waals surface area (Å²) in [5.74, 6) is 0.632. The summed E-state index contributed by atoms with van der Waals surface area (Å²) in [5, 5.41) is 11.1. The zero-order valence-corrected chi connectivity index (χ0v) is 13.8. The van der Waals surface area contributed by atoms with Crippen molar-refractivity contribution >= 4 is 18.4 Å². The van der Waals surface area contributed by atoms with E-state index in [0.29, 0.717) is 23.7 Å². The van der Waals surface area contributed by atoms with Gasteiger partial charge in [-0.15, -0.1) is 0 Å².